The molecule has 3 rings (SSSR count). The zero-order chi connectivity index (χ0) is 9.71. The molecule has 0 aromatic carbocycles. The van der Waals surface area contributed by atoms with Crippen molar-refractivity contribution in [2.75, 3.05) is 18.0 Å². The Kier molecular flexibility index (Phi) is 1.83. The summed E-state index contributed by atoms with van der Waals surface area (Å²) in [5.41, 5.74) is -0.0313. The monoisotopic (exact) mass is 303 g/mol. The Morgan fingerprint density at radius 3 is 2.93 bits per heavy atom. The molecule has 2 unspecified atom stereocenters. The molecule has 2 fully saturated rings. The molecule has 0 bridgehead atoms. The average molecular weight is 303 g/mol. The molecule has 1 saturated heterocycles. The van der Waals surface area contributed by atoms with Crippen LogP contribution in [0.4, 0.5) is 5.82 Å². The lowest BCUT2D eigenvalue weighted by Gasteiger charge is -2.19. The van der Waals surface area contributed by atoms with Gasteiger partial charge in [0.25, 0.3) is 5.56 Å². The third-order valence-corrected chi connectivity index (χ3v) is 4.03. The molecule has 0 spiro atoms. The van der Waals surface area contributed by atoms with E-state index in [0.717, 1.165) is 30.7 Å². The summed E-state index contributed by atoms with van der Waals surface area (Å²) in [7, 11) is 0. The number of anilines is 1. The highest BCUT2D eigenvalue weighted by Gasteiger charge is 2.45. The summed E-state index contributed by atoms with van der Waals surface area (Å²) >= 11 is 2.07. The standard InChI is InChI=1S/C9H10IN3O/c10-7-8(11-4-12-9(7)14)13-2-5-1-6(5)3-13/h4-6H,1-3H2,(H,11,12,14). The summed E-state index contributed by atoms with van der Waals surface area (Å²) in [6.45, 7) is 2.16. The van der Waals surface area contributed by atoms with Crippen molar-refractivity contribution in [3.63, 3.8) is 0 Å². The van der Waals surface area contributed by atoms with Gasteiger partial charge in [-0.05, 0) is 40.8 Å². The molecule has 74 valence electrons. The molecule has 1 N–H and O–H groups in total. The third-order valence-electron chi connectivity index (χ3n) is 3.06. The highest BCUT2D eigenvalue weighted by molar-refractivity contribution is 14.1. The van der Waals surface area contributed by atoms with Gasteiger partial charge < -0.3 is 9.88 Å². The SMILES string of the molecule is O=c1[nH]cnc(N2CC3CC3C2)c1I. The van der Waals surface area contributed by atoms with E-state index >= 15 is 0 Å². The fourth-order valence-electron chi connectivity index (χ4n) is 2.17. The van der Waals surface area contributed by atoms with Gasteiger partial charge in [-0.3, -0.25) is 4.79 Å². The number of hydrogen-bond donors (Lipinski definition) is 1. The molecule has 1 aliphatic heterocycles. The first kappa shape index (κ1) is 8.70. The summed E-state index contributed by atoms with van der Waals surface area (Å²) < 4.78 is 0.714. The molecule has 2 aliphatic rings. The number of nitrogens with zero attached hydrogens (tertiary/aromatic N) is 2. The van der Waals surface area contributed by atoms with Crippen molar-refractivity contribution >= 4 is 28.4 Å². The van der Waals surface area contributed by atoms with Crippen LogP contribution in [0.1, 0.15) is 6.42 Å². The maximum atomic E-state index is 11.4. The largest absolute Gasteiger partial charge is 0.355 e. The number of hydrogen-bond acceptors (Lipinski definition) is 3. The molecule has 1 aromatic heterocycles. The molecule has 1 aliphatic carbocycles. The number of aromatic nitrogens is 2. The Bertz CT molecular complexity index is 420. The van der Waals surface area contributed by atoms with Gasteiger partial charge in [0.15, 0.2) is 0 Å². The molecule has 0 radical (unpaired) electrons. The first-order valence-electron chi connectivity index (χ1n) is 4.74. The summed E-state index contributed by atoms with van der Waals surface area (Å²) in [5, 5.41) is 0. The molecule has 2 heterocycles. The molecular weight excluding hydrogens is 293 g/mol. The topological polar surface area (TPSA) is 49.0 Å². The van der Waals surface area contributed by atoms with Gasteiger partial charge in [-0.25, -0.2) is 4.98 Å². The predicted octanol–water partition coefficient (Wildman–Crippen LogP) is 0.831. The van der Waals surface area contributed by atoms with E-state index < -0.39 is 0 Å². The predicted molar refractivity (Wildman–Crippen MR) is 61.4 cm³/mol. The molecular formula is C9H10IN3O. The van der Waals surface area contributed by atoms with Crippen molar-refractivity contribution in [2.45, 2.75) is 6.42 Å². The normalized spacial score (nSPS) is 29.1. The number of halogens is 1. The minimum Gasteiger partial charge on any atom is -0.355 e. The van der Waals surface area contributed by atoms with Crippen molar-refractivity contribution in [1.82, 2.24) is 9.97 Å². The maximum Gasteiger partial charge on any atom is 0.266 e. The van der Waals surface area contributed by atoms with Crippen LogP contribution < -0.4 is 10.5 Å². The lowest BCUT2D eigenvalue weighted by Crippen LogP contribution is -2.27. The van der Waals surface area contributed by atoms with Crippen molar-refractivity contribution in [2.24, 2.45) is 11.8 Å². The van der Waals surface area contributed by atoms with Crippen LogP contribution in [0.2, 0.25) is 0 Å². The second kappa shape index (κ2) is 2.95. The number of H-pyrrole nitrogens is 1. The number of fused-ring (bicyclic) bond motifs is 1. The summed E-state index contributed by atoms with van der Waals surface area (Å²) in [6.07, 6.45) is 2.86. The van der Waals surface area contributed by atoms with Gasteiger partial charge in [-0.2, -0.15) is 0 Å². The second-order valence-corrected chi connectivity index (χ2v) is 5.11. The highest BCUT2D eigenvalue weighted by Crippen LogP contribution is 2.46. The molecule has 1 saturated carbocycles. The molecule has 1 aromatic rings. The number of aromatic amines is 1. The molecule has 14 heavy (non-hydrogen) atoms. The fourth-order valence-corrected chi connectivity index (χ4v) is 2.80. The minimum atomic E-state index is -0.0313. The number of piperidine rings is 1. The van der Waals surface area contributed by atoms with Crippen molar-refractivity contribution in [1.29, 1.82) is 0 Å². The molecule has 0 amide bonds. The van der Waals surface area contributed by atoms with Crippen LogP contribution in [0.25, 0.3) is 0 Å². The summed E-state index contributed by atoms with van der Waals surface area (Å²) in [6, 6.07) is 0. The first-order chi connectivity index (χ1) is 6.75. The second-order valence-electron chi connectivity index (χ2n) is 4.03. The fraction of sp³-hybridized carbons (Fsp3) is 0.556. The zero-order valence-electron chi connectivity index (χ0n) is 7.53. The van der Waals surface area contributed by atoms with Crippen molar-refractivity contribution in [3.05, 3.63) is 20.3 Å². The highest BCUT2D eigenvalue weighted by atomic mass is 127. The van der Waals surface area contributed by atoms with Crippen LogP contribution in [0.15, 0.2) is 11.1 Å². The van der Waals surface area contributed by atoms with E-state index in [1.54, 1.807) is 0 Å². The maximum absolute atomic E-state index is 11.4. The Balaban J connectivity index is 1.96. The lowest BCUT2D eigenvalue weighted by atomic mass is 10.4. The van der Waals surface area contributed by atoms with Gasteiger partial charge in [-0.15, -0.1) is 0 Å². The van der Waals surface area contributed by atoms with E-state index in [-0.39, 0.29) is 5.56 Å². The Morgan fingerprint density at radius 2 is 2.21 bits per heavy atom. The van der Waals surface area contributed by atoms with E-state index in [4.69, 9.17) is 0 Å². The van der Waals surface area contributed by atoms with Gasteiger partial charge in [0.05, 0.1) is 6.33 Å². The summed E-state index contributed by atoms with van der Waals surface area (Å²) in [5.74, 6) is 2.60. The molecule has 2 atom stereocenters. The third kappa shape index (κ3) is 1.25. The Morgan fingerprint density at radius 1 is 1.50 bits per heavy atom. The number of rotatable bonds is 1. The van der Waals surface area contributed by atoms with Crippen LogP contribution in [0.3, 0.4) is 0 Å². The lowest BCUT2D eigenvalue weighted by molar-refractivity contribution is 0.797. The number of nitrogens with one attached hydrogen (secondary N) is 1. The van der Waals surface area contributed by atoms with Crippen LogP contribution in [-0.2, 0) is 0 Å². The zero-order valence-corrected chi connectivity index (χ0v) is 9.69. The van der Waals surface area contributed by atoms with E-state index in [0.29, 0.717) is 3.57 Å². The van der Waals surface area contributed by atoms with E-state index in [9.17, 15) is 4.79 Å². The Hall–Kier alpha value is -0.590. The van der Waals surface area contributed by atoms with Crippen molar-refractivity contribution in [3.8, 4) is 0 Å². The quantitative estimate of drug-likeness (QED) is 0.782. The first-order valence-corrected chi connectivity index (χ1v) is 5.81. The van der Waals surface area contributed by atoms with E-state index in [1.165, 1.54) is 12.7 Å². The van der Waals surface area contributed by atoms with Crippen LogP contribution >= 0.6 is 22.6 Å². The van der Waals surface area contributed by atoms with Crippen LogP contribution in [0, 0.1) is 15.4 Å². The minimum absolute atomic E-state index is 0.0313. The van der Waals surface area contributed by atoms with E-state index in [1.807, 2.05) is 0 Å². The molecule has 5 heteroatoms. The van der Waals surface area contributed by atoms with E-state index in [2.05, 4.69) is 37.5 Å². The van der Waals surface area contributed by atoms with Crippen molar-refractivity contribution < 1.29 is 0 Å². The van der Waals surface area contributed by atoms with Crippen LogP contribution in [-0.4, -0.2) is 23.1 Å². The van der Waals surface area contributed by atoms with Gasteiger partial charge in [0.1, 0.15) is 9.39 Å². The van der Waals surface area contributed by atoms with Crippen LogP contribution in [0.5, 0.6) is 0 Å². The van der Waals surface area contributed by atoms with Gasteiger partial charge in [0.2, 0.25) is 0 Å². The average Bonchev–Trinajstić information content (AvgIpc) is 2.78. The Labute approximate surface area is 94.9 Å². The summed E-state index contributed by atoms with van der Waals surface area (Å²) in [4.78, 5) is 20.4. The van der Waals surface area contributed by atoms with Gasteiger partial charge in [-0.1, -0.05) is 0 Å². The smallest absolute Gasteiger partial charge is 0.266 e. The van der Waals surface area contributed by atoms with Gasteiger partial charge in [0, 0.05) is 13.1 Å². The molecule has 4 nitrogen and oxygen atoms in total. The van der Waals surface area contributed by atoms with Gasteiger partial charge >= 0.3 is 0 Å².